The van der Waals surface area contributed by atoms with E-state index in [-0.39, 0.29) is 50.7 Å². The van der Waals surface area contributed by atoms with Gasteiger partial charge < -0.3 is 16.0 Å². The van der Waals surface area contributed by atoms with E-state index in [1.54, 1.807) is 18.2 Å². The number of amides is 3. The molecule has 6 heteroatoms. The van der Waals surface area contributed by atoms with Crippen molar-refractivity contribution in [2.45, 2.75) is 140 Å². The molecule has 0 saturated heterocycles. The van der Waals surface area contributed by atoms with Gasteiger partial charge in [0.25, 0.3) is 17.7 Å². The minimum absolute atomic E-state index is 0.0147. The van der Waals surface area contributed by atoms with E-state index in [0.717, 1.165) is 19.3 Å². The zero-order valence-electron chi connectivity index (χ0n) is 27.6. The van der Waals surface area contributed by atoms with Crippen LogP contribution in [-0.2, 0) is 0 Å². The quantitative estimate of drug-likeness (QED) is 0.301. The van der Waals surface area contributed by atoms with Crippen molar-refractivity contribution in [2.24, 2.45) is 16.2 Å². The van der Waals surface area contributed by atoms with Crippen molar-refractivity contribution in [2.75, 3.05) is 0 Å². The molecule has 0 unspecified atom stereocenters. The Morgan fingerprint density at radius 1 is 0.436 bits per heavy atom. The first-order valence-electron chi connectivity index (χ1n) is 14.2. The summed E-state index contributed by atoms with van der Waals surface area (Å²) in [5, 5.41) is 9.35. The number of nitrogens with one attached hydrogen (secondary N) is 3. The Morgan fingerprint density at radius 2 is 0.615 bits per heavy atom. The van der Waals surface area contributed by atoms with Crippen LogP contribution < -0.4 is 16.0 Å². The predicted octanol–water partition coefficient (Wildman–Crippen LogP) is 7.52. The first-order valence-corrected chi connectivity index (χ1v) is 14.2. The standard InChI is InChI=1S/C33H57N3O3/c1-28(2,3)19-31(10,11)34-25(37)22-16-23(26(38)35-32(12,13)20-29(4,5)6)18-24(17-22)27(39)36-33(14,15)21-30(7,8)9/h16-18H,19-21H2,1-15H3,(H,34,37)(H,35,38)(H,36,39). The van der Waals surface area contributed by atoms with Gasteiger partial charge >= 0.3 is 0 Å². The highest BCUT2D eigenvalue weighted by atomic mass is 16.2. The smallest absolute Gasteiger partial charge is 0.251 e. The van der Waals surface area contributed by atoms with E-state index in [4.69, 9.17) is 0 Å². The molecule has 0 radical (unpaired) electrons. The van der Waals surface area contributed by atoms with Crippen molar-refractivity contribution in [1.29, 1.82) is 0 Å². The maximum atomic E-state index is 13.5. The largest absolute Gasteiger partial charge is 0.347 e. The van der Waals surface area contributed by atoms with E-state index >= 15 is 0 Å². The SMILES string of the molecule is CC(C)(C)CC(C)(C)NC(=O)c1cc(C(=O)NC(C)(C)CC(C)(C)C)cc(C(=O)NC(C)(C)CC(C)(C)C)c1. The second-order valence-electron chi connectivity index (χ2n) is 17.0. The molecule has 3 amide bonds. The van der Waals surface area contributed by atoms with Crippen molar-refractivity contribution in [3.8, 4) is 0 Å². The van der Waals surface area contributed by atoms with Gasteiger partial charge in [0, 0.05) is 33.3 Å². The van der Waals surface area contributed by atoms with Crippen LogP contribution in [0.3, 0.4) is 0 Å². The molecular weight excluding hydrogens is 486 g/mol. The number of carbonyl (C=O) groups is 3. The molecule has 1 rings (SSSR count). The van der Waals surface area contributed by atoms with Crippen LogP contribution in [0.5, 0.6) is 0 Å². The summed E-state index contributed by atoms with van der Waals surface area (Å²) in [7, 11) is 0. The van der Waals surface area contributed by atoms with Crippen molar-refractivity contribution in [1.82, 2.24) is 16.0 Å². The summed E-state index contributed by atoms with van der Waals surface area (Å²) in [6.07, 6.45) is 2.30. The Hall–Kier alpha value is -2.37. The van der Waals surface area contributed by atoms with Crippen molar-refractivity contribution < 1.29 is 14.4 Å². The van der Waals surface area contributed by atoms with Crippen LogP contribution >= 0.6 is 0 Å². The summed E-state index contributed by atoms with van der Waals surface area (Å²) in [6, 6.07) is 4.76. The Balaban J connectivity index is 3.47. The van der Waals surface area contributed by atoms with E-state index in [0.29, 0.717) is 0 Å². The third-order valence-electron chi connectivity index (χ3n) is 5.99. The van der Waals surface area contributed by atoms with Crippen LogP contribution in [-0.4, -0.2) is 34.3 Å². The van der Waals surface area contributed by atoms with E-state index in [1.807, 2.05) is 41.5 Å². The Kier molecular flexibility index (Phi) is 10.3. The molecule has 6 nitrogen and oxygen atoms in total. The summed E-state index contributed by atoms with van der Waals surface area (Å²) in [5.74, 6) is -0.928. The monoisotopic (exact) mass is 543 g/mol. The van der Waals surface area contributed by atoms with Gasteiger partial charge in [0.15, 0.2) is 0 Å². The molecule has 0 atom stereocenters. The molecule has 0 aliphatic heterocycles. The maximum Gasteiger partial charge on any atom is 0.251 e. The molecule has 1 aromatic rings. The molecule has 0 bridgehead atoms. The molecular formula is C33H57N3O3. The predicted molar refractivity (Wildman–Crippen MR) is 163 cm³/mol. The fourth-order valence-corrected chi connectivity index (χ4v) is 6.27. The number of carbonyl (C=O) groups excluding carboxylic acids is 3. The molecule has 0 spiro atoms. The Labute approximate surface area is 238 Å². The van der Waals surface area contributed by atoms with Gasteiger partial charge in [-0.15, -0.1) is 0 Å². The summed E-state index contributed by atoms with van der Waals surface area (Å²) in [6.45, 7) is 31.1. The first-order chi connectivity index (χ1) is 17.1. The van der Waals surface area contributed by atoms with Gasteiger partial charge in [-0.2, -0.15) is 0 Å². The van der Waals surface area contributed by atoms with Gasteiger partial charge in [-0.1, -0.05) is 62.3 Å². The summed E-state index contributed by atoms with van der Waals surface area (Å²) in [4.78, 5) is 40.4. The highest BCUT2D eigenvalue weighted by Crippen LogP contribution is 2.29. The Bertz CT molecular complexity index is 900. The van der Waals surface area contributed by atoms with Crippen LogP contribution in [0.4, 0.5) is 0 Å². The lowest BCUT2D eigenvalue weighted by Gasteiger charge is -2.34. The maximum absolute atomic E-state index is 13.5. The zero-order valence-corrected chi connectivity index (χ0v) is 27.6. The number of hydrogen-bond donors (Lipinski definition) is 3. The van der Waals surface area contributed by atoms with Crippen molar-refractivity contribution in [3.05, 3.63) is 34.9 Å². The molecule has 222 valence electrons. The second kappa shape index (κ2) is 11.6. The van der Waals surface area contributed by atoms with Gasteiger partial charge in [-0.25, -0.2) is 0 Å². The van der Waals surface area contributed by atoms with Gasteiger partial charge in [0.1, 0.15) is 0 Å². The van der Waals surface area contributed by atoms with Crippen LogP contribution in [0.1, 0.15) is 154 Å². The van der Waals surface area contributed by atoms with Gasteiger partial charge in [0.2, 0.25) is 0 Å². The average Bonchev–Trinajstić information content (AvgIpc) is 2.60. The lowest BCUT2D eigenvalue weighted by molar-refractivity contribution is 0.0888. The van der Waals surface area contributed by atoms with E-state index < -0.39 is 16.6 Å². The normalized spacial score (nSPS) is 13.6. The minimum Gasteiger partial charge on any atom is -0.347 e. The first kappa shape index (κ1) is 34.7. The highest BCUT2D eigenvalue weighted by Gasteiger charge is 2.31. The van der Waals surface area contributed by atoms with Crippen molar-refractivity contribution >= 4 is 17.7 Å². The van der Waals surface area contributed by atoms with Gasteiger partial charge in [0.05, 0.1) is 0 Å². The molecule has 0 saturated carbocycles. The fourth-order valence-electron chi connectivity index (χ4n) is 6.27. The second-order valence-corrected chi connectivity index (χ2v) is 17.0. The topological polar surface area (TPSA) is 87.3 Å². The summed E-state index contributed by atoms with van der Waals surface area (Å²) >= 11 is 0. The van der Waals surface area contributed by atoms with Gasteiger partial charge in [-0.05, 0) is 95.2 Å². The molecule has 1 aromatic carbocycles. The molecule has 0 heterocycles. The third kappa shape index (κ3) is 13.5. The number of benzene rings is 1. The van der Waals surface area contributed by atoms with E-state index in [9.17, 15) is 14.4 Å². The zero-order chi connectivity index (χ0) is 30.8. The molecule has 3 N–H and O–H groups in total. The van der Waals surface area contributed by atoms with E-state index in [1.165, 1.54) is 0 Å². The minimum atomic E-state index is -0.473. The molecule has 0 fully saturated rings. The fraction of sp³-hybridized carbons (Fsp3) is 0.727. The molecule has 39 heavy (non-hydrogen) atoms. The van der Waals surface area contributed by atoms with Crippen LogP contribution in [0.25, 0.3) is 0 Å². The lowest BCUT2D eigenvalue weighted by Crippen LogP contribution is -2.47. The lowest BCUT2D eigenvalue weighted by atomic mass is 9.81. The number of rotatable bonds is 9. The summed E-state index contributed by atoms with van der Waals surface area (Å²) < 4.78 is 0. The Morgan fingerprint density at radius 3 is 0.769 bits per heavy atom. The molecule has 0 aliphatic rings. The average molecular weight is 544 g/mol. The molecule has 0 aliphatic carbocycles. The van der Waals surface area contributed by atoms with Crippen LogP contribution in [0.2, 0.25) is 0 Å². The third-order valence-corrected chi connectivity index (χ3v) is 5.99. The number of hydrogen-bond acceptors (Lipinski definition) is 3. The van der Waals surface area contributed by atoms with Gasteiger partial charge in [-0.3, -0.25) is 14.4 Å². The highest BCUT2D eigenvalue weighted by molar-refractivity contribution is 6.05. The van der Waals surface area contributed by atoms with Crippen LogP contribution in [0, 0.1) is 16.2 Å². The van der Waals surface area contributed by atoms with Crippen molar-refractivity contribution in [3.63, 3.8) is 0 Å². The van der Waals surface area contributed by atoms with E-state index in [2.05, 4.69) is 78.3 Å². The summed E-state index contributed by atoms with van der Waals surface area (Å²) in [5.41, 5.74) is -0.507. The van der Waals surface area contributed by atoms with Crippen LogP contribution in [0.15, 0.2) is 18.2 Å². The molecule has 0 aromatic heterocycles.